The third kappa shape index (κ3) is 4.99. The molecule has 1 nitrogen and oxygen atoms in total. The van der Waals surface area contributed by atoms with E-state index in [-0.39, 0.29) is 12.8 Å². The highest BCUT2D eigenvalue weighted by Crippen LogP contribution is 2.55. The molecular formula is C26H18F15N. The first kappa shape index (κ1) is 33.2. The van der Waals surface area contributed by atoms with Crippen LogP contribution in [0.3, 0.4) is 0 Å². The molecule has 0 spiro atoms. The van der Waals surface area contributed by atoms with Gasteiger partial charge in [0.15, 0.2) is 81.6 Å². The smallest absolute Gasteiger partial charge is 0.200 e. The molecular weight excluding hydrogens is 611 g/mol. The van der Waals surface area contributed by atoms with Crippen molar-refractivity contribution in [2.24, 2.45) is 0 Å². The summed E-state index contributed by atoms with van der Waals surface area (Å²) in [5.74, 6) is -42.2. The summed E-state index contributed by atoms with van der Waals surface area (Å²) < 4.78 is 220. The zero-order valence-electron chi connectivity index (χ0n) is 21.1. The zero-order chi connectivity index (χ0) is 31.8. The van der Waals surface area contributed by atoms with Gasteiger partial charge in [-0.25, -0.2) is 65.9 Å². The van der Waals surface area contributed by atoms with Crippen LogP contribution in [0.25, 0.3) is 0 Å². The Kier molecular flexibility index (Phi) is 9.87. The molecule has 0 radical (unpaired) electrons. The van der Waals surface area contributed by atoms with Crippen LogP contribution in [-0.4, -0.2) is 12.7 Å². The predicted octanol–water partition coefficient (Wildman–Crippen LogP) is 9.79. The van der Waals surface area contributed by atoms with E-state index in [1.54, 1.807) is 6.92 Å². The minimum absolute atomic E-state index is 0.115. The van der Waals surface area contributed by atoms with E-state index in [0.717, 1.165) is 0 Å². The first-order chi connectivity index (χ1) is 19.6. The van der Waals surface area contributed by atoms with E-state index in [2.05, 4.69) is 0 Å². The van der Waals surface area contributed by atoms with Crippen LogP contribution in [0, 0.1) is 58.2 Å². The van der Waals surface area contributed by atoms with Crippen molar-refractivity contribution < 1.29 is 65.9 Å². The second-order valence-electron chi connectivity index (χ2n) is 9.20. The Labute approximate surface area is 227 Å². The molecule has 2 atom stereocenters. The minimum Gasteiger partial charge on any atom is -0.348 e. The first-order valence-corrected chi connectivity index (χ1v) is 12.2. The standard InChI is InChI=1S/C26H18F15N/c1-2-3-4-5-6-7-8-42(23-19(36)16(33)15(32)17(34)20(23)37)26(24(40)21(38)18(35)22(39)25(26)41)9-10(27)12(29)14(31)13(30)11(9)28/h24H,2-8H2,1H3. The average Bonchev–Trinajstić information content (AvgIpc) is 2.97. The number of rotatable bonds is 10. The van der Waals surface area contributed by atoms with Crippen LogP contribution in [-0.2, 0) is 5.54 Å². The van der Waals surface area contributed by atoms with E-state index in [1.807, 2.05) is 0 Å². The monoisotopic (exact) mass is 629 g/mol. The van der Waals surface area contributed by atoms with Crippen molar-refractivity contribution in [3.63, 3.8) is 0 Å². The van der Waals surface area contributed by atoms with Gasteiger partial charge in [0.2, 0.25) is 11.6 Å². The Hall–Kier alpha value is -3.33. The van der Waals surface area contributed by atoms with Crippen molar-refractivity contribution in [1.82, 2.24) is 0 Å². The van der Waals surface area contributed by atoms with Gasteiger partial charge >= 0.3 is 0 Å². The van der Waals surface area contributed by atoms with Crippen LogP contribution in [0.4, 0.5) is 71.5 Å². The lowest BCUT2D eigenvalue weighted by Gasteiger charge is -2.47. The second kappa shape index (κ2) is 12.5. The third-order valence-corrected chi connectivity index (χ3v) is 6.73. The fourth-order valence-corrected chi connectivity index (χ4v) is 4.69. The molecule has 16 heteroatoms. The molecule has 0 heterocycles. The highest BCUT2D eigenvalue weighted by Gasteiger charge is 2.62. The van der Waals surface area contributed by atoms with E-state index in [0.29, 0.717) is 19.3 Å². The van der Waals surface area contributed by atoms with Crippen LogP contribution in [0.15, 0.2) is 23.3 Å². The molecule has 42 heavy (non-hydrogen) atoms. The maximum Gasteiger partial charge on any atom is 0.200 e. The summed E-state index contributed by atoms with van der Waals surface area (Å²) in [6.07, 6.45) is -3.19. The number of benzene rings is 2. The van der Waals surface area contributed by atoms with Crippen molar-refractivity contribution in [1.29, 1.82) is 0 Å². The largest absolute Gasteiger partial charge is 0.348 e. The Morgan fingerprint density at radius 2 is 0.929 bits per heavy atom. The van der Waals surface area contributed by atoms with E-state index in [1.165, 1.54) is 0 Å². The highest BCUT2D eigenvalue weighted by atomic mass is 19.2. The van der Waals surface area contributed by atoms with Crippen LogP contribution >= 0.6 is 0 Å². The maximum absolute atomic E-state index is 15.8. The highest BCUT2D eigenvalue weighted by molar-refractivity contribution is 5.62. The molecule has 0 saturated carbocycles. The molecule has 0 aromatic heterocycles. The quantitative estimate of drug-likeness (QED) is 0.110. The first-order valence-electron chi connectivity index (χ1n) is 12.2. The van der Waals surface area contributed by atoms with Gasteiger partial charge < -0.3 is 4.90 Å². The fourth-order valence-electron chi connectivity index (χ4n) is 4.69. The molecule has 2 aromatic rings. The Morgan fingerprint density at radius 1 is 0.524 bits per heavy atom. The summed E-state index contributed by atoms with van der Waals surface area (Å²) in [5, 5.41) is 0. The summed E-state index contributed by atoms with van der Waals surface area (Å²) in [6.45, 7) is 0.314. The van der Waals surface area contributed by atoms with Gasteiger partial charge in [-0.05, 0) is 6.42 Å². The number of anilines is 1. The Balaban J connectivity index is 2.54. The van der Waals surface area contributed by atoms with Gasteiger partial charge in [0, 0.05) is 6.54 Å². The van der Waals surface area contributed by atoms with E-state index in [4.69, 9.17) is 0 Å². The van der Waals surface area contributed by atoms with Crippen molar-refractivity contribution in [3.8, 4) is 0 Å². The molecule has 0 aliphatic heterocycles. The van der Waals surface area contributed by atoms with Crippen LogP contribution < -0.4 is 4.90 Å². The van der Waals surface area contributed by atoms with E-state index < -0.39 is 122 Å². The summed E-state index contributed by atoms with van der Waals surface area (Å²) in [5.41, 5.74) is -10.2. The molecule has 0 amide bonds. The number of halogens is 15. The van der Waals surface area contributed by atoms with Crippen molar-refractivity contribution in [3.05, 3.63) is 87.0 Å². The Morgan fingerprint density at radius 3 is 1.40 bits per heavy atom. The molecule has 2 aromatic carbocycles. The summed E-state index contributed by atoms with van der Waals surface area (Å²) in [7, 11) is 0. The van der Waals surface area contributed by atoms with Crippen LogP contribution in [0.5, 0.6) is 0 Å². The molecule has 0 N–H and O–H groups in total. The summed E-state index contributed by atoms with van der Waals surface area (Å²) in [4.78, 5) is -0.785. The molecule has 2 unspecified atom stereocenters. The molecule has 1 aliphatic rings. The van der Waals surface area contributed by atoms with E-state index in [9.17, 15) is 39.5 Å². The van der Waals surface area contributed by atoms with E-state index >= 15 is 26.3 Å². The average molecular weight is 629 g/mol. The zero-order valence-corrected chi connectivity index (χ0v) is 21.1. The number of hydrogen-bond donors (Lipinski definition) is 0. The maximum atomic E-state index is 15.8. The molecule has 0 fully saturated rings. The number of unbranched alkanes of at least 4 members (excludes halogenated alkanes) is 5. The molecule has 232 valence electrons. The lowest BCUT2D eigenvalue weighted by Crippen LogP contribution is -2.58. The number of hydrogen-bond acceptors (Lipinski definition) is 1. The number of nitrogens with zero attached hydrogens (tertiary/aromatic N) is 1. The third-order valence-electron chi connectivity index (χ3n) is 6.73. The van der Waals surface area contributed by atoms with Crippen molar-refractivity contribution in [2.45, 2.75) is 57.2 Å². The van der Waals surface area contributed by atoms with Gasteiger partial charge in [-0.2, -0.15) is 0 Å². The van der Waals surface area contributed by atoms with Crippen molar-refractivity contribution in [2.75, 3.05) is 11.4 Å². The Bertz CT molecular complexity index is 1390. The van der Waals surface area contributed by atoms with Crippen LogP contribution in [0.1, 0.15) is 51.0 Å². The van der Waals surface area contributed by atoms with Gasteiger partial charge in [0.1, 0.15) is 5.69 Å². The number of alkyl halides is 1. The molecule has 3 rings (SSSR count). The second-order valence-corrected chi connectivity index (χ2v) is 9.20. The predicted molar refractivity (Wildman–Crippen MR) is 118 cm³/mol. The van der Waals surface area contributed by atoms with Gasteiger partial charge in [0.25, 0.3) is 0 Å². The lowest BCUT2D eigenvalue weighted by atomic mass is 9.76. The van der Waals surface area contributed by atoms with Gasteiger partial charge in [-0.15, -0.1) is 0 Å². The molecule has 0 bridgehead atoms. The fraction of sp³-hybridized carbons (Fsp3) is 0.385. The SMILES string of the molecule is CCCCCCCCN(c1c(F)c(F)c(F)c(F)c1F)C1(c2c(F)c(F)c(F)c(F)c2F)C(F)=C(F)C(F)=C(F)C1F. The van der Waals surface area contributed by atoms with Crippen molar-refractivity contribution >= 4 is 5.69 Å². The van der Waals surface area contributed by atoms with Gasteiger partial charge in [-0.3, -0.25) is 0 Å². The topological polar surface area (TPSA) is 3.24 Å². The summed E-state index contributed by atoms with van der Waals surface area (Å²) >= 11 is 0. The lowest BCUT2D eigenvalue weighted by molar-refractivity contribution is 0.151. The minimum atomic E-state index is -4.91. The van der Waals surface area contributed by atoms with Crippen LogP contribution in [0.2, 0.25) is 0 Å². The molecule has 1 aliphatic carbocycles. The molecule has 0 saturated heterocycles. The van der Waals surface area contributed by atoms with Gasteiger partial charge in [-0.1, -0.05) is 39.0 Å². The summed E-state index contributed by atoms with van der Waals surface area (Å²) in [6, 6.07) is 0. The number of allylic oxidation sites excluding steroid dienone is 2. The van der Waals surface area contributed by atoms with Gasteiger partial charge in [0.05, 0.1) is 5.56 Å². The normalized spacial score (nSPS) is 19.3.